The standard InChI is InChI=1S/C15H12FNO/c16-13-8-6-12(7-9-13)15-17-14(10-18-15)11-4-2-1-3-5-11/h1-9,14H,10H2/t14-/m0/s1. The van der Waals surface area contributed by atoms with Crippen molar-refractivity contribution in [3.63, 3.8) is 0 Å². The monoisotopic (exact) mass is 241 g/mol. The average molecular weight is 241 g/mol. The molecule has 0 saturated carbocycles. The second kappa shape index (κ2) is 4.61. The van der Waals surface area contributed by atoms with E-state index >= 15 is 0 Å². The Bertz CT molecular complexity index is 563. The Hall–Kier alpha value is -2.16. The van der Waals surface area contributed by atoms with Crippen LogP contribution in [0.25, 0.3) is 0 Å². The third-order valence-electron chi connectivity index (χ3n) is 2.93. The molecule has 0 bridgehead atoms. The zero-order chi connectivity index (χ0) is 12.4. The number of rotatable bonds is 2. The molecule has 0 radical (unpaired) electrons. The number of hydrogen-bond donors (Lipinski definition) is 0. The summed E-state index contributed by atoms with van der Waals surface area (Å²) in [6.45, 7) is 0.538. The van der Waals surface area contributed by atoms with E-state index in [1.807, 2.05) is 30.3 Å². The first-order chi connectivity index (χ1) is 8.83. The molecule has 1 aliphatic heterocycles. The molecule has 0 spiro atoms. The van der Waals surface area contributed by atoms with Crippen LogP contribution < -0.4 is 0 Å². The van der Waals surface area contributed by atoms with Crippen LogP contribution >= 0.6 is 0 Å². The van der Waals surface area contributed by atoms with Gasteiger partial charge in [-0.3, -0.25) is 0 Å². The Kier molecular flexibility index (Phi) is 2.81. The van der Waals surface area contributed by atoms with E-state index in [0.29, 0.717) is 12.5 Å². The predicted octanol–water partition coefficient (Wildman–Crippen LogP) is 3.34. The summed E-state index contributed by atoms with van der Waals surface area (Å²) in [4.78, 5) is 4.53. The first-order valence-corrected chi connectivity index (χ1v) is 5.84. The van der Waals surface area contributed by atoms with Crippen LogP contribution in [0.3, 0.4) is 0 Å². The molecule has 0 amide bonds. The predicted molar refractivity (Wildman–Crippen MR) is 68.1 cm³/mol. The highest BCUT2D eigenvalue weighted by molar-refractivity contribution is 5.95. The molecule has 18 heavy (non-hydrogen) atoms. The topological polar surface area (TPSA) is 21.6 Å². The summed E-state index contributed by atoms with van der Waals surface area (Å²) in [6, 6.07) is 16.2. The minimum Gasteiger partial charge on any atom is -0.475 e. The van der Waals surface area contributed by atoms with Crippen LogP contribution in [0.5, 0.6) is 0 Å². The SMILES string of the molecule is Fc1ccc(C2=N[C@H](c3ccccc3)CO2)cc1. The zero-order valence-electron chi connectivity index (χ0n) is 9.71. The van der Waals surface area contributed by atoms with Crippen LogP contribution in [0.4, 0.5) is 4.39 Å². The minimum absolute atomic E-state index is 0.0336. The van der Waals surface area contributed by atoms with Gasteiger partial charge in [-0.2, -0.15) is 0 Å². The fourth-order valence-electron chi connectivity index (χ4n) is 1.97. The summed E-state index contributed by atoms with van der Waals surface area (Å²) < 4.78 is 18.4. The maximum Gasteiger partial charge on any atom is 0.216 e. The van der Waals surface area contributed by atoms with Crippen LogP contribution in [0.15, 0.2) is 59.6 Å². The molecule has 90 valence electrons. The Morgan fingerprint density at radius 2 is 1.72 bits per heavy atom. The molecular weight excluding hydrogens is 229 g/mol. The lowest BCUT2D eigenvalue weighted by Crippen LogP contribution is -2.01. The fraction of sp³-hybridized carbons (Fsp3) is 0.133. The molecule has 2 nitrogen and oxygen atoms in total. The summed E-state index contributed by atoms with van der Waals surface area (Å²) in [5.74, 6) is 0.334. The molecule has 0 unspecified atom stereocenters. The van der Waals surface area contributed by atoms with E-state index < -0.39 is 0 Å². The van der Waals surface area contributed by atoms with Gasteiger partial charge in [0.25, 0.3) is 0 Å². The highest BCUT2D eigenvalue weighted by Gasteiger charge is 2.21. The fourth-order valence-corrected chi connectivity index (χ4v) is 1.97. The molecule has 0 N–H and O–H groups in total. The van der Waals surface area contributed by atoms with Gasteiger partial charge in [-0.05, 0) is 29.8 Å². The first kappa shape index (κ1) is 11.0. The molecule has 2 aromatic rings. The molecule has 2 aromatic carbocycles. The van der Waals surface area contributed by atoms with Crippen LogP contribution in [0.1, 0.15) is 17.2 Å². The molecule has 3 heteroatoms. The van der Waals surface area contributed by atoms with Gasteiger partial charge in [-0.1, -0.05) is 30.3 Å². The van der Waals surface area contributed by atoms with E-state index in [1.54, 1.807) is 12.1 Å². The Morgan fingerprint density at radius 1 is 1.00 bits per heavy atom. The number of ether oxygens (including phenoxy) is 1. The quantitative estimate of drug-likeness (QED) is 0.790. The second-order valence-corrected chi connectivity index (χ2v) is 4.18. The van der Waals surface area contributed by atoms with Gasteiger partial charge >= 0.3 is 0 Å². The van der Waals surface area contributed by atoms with E-state index in [0.717, 1.165) is 11.1 Å². The minimum atomic E-state index is -0.253. The number of hydrogen-bond acceptors (Lipinski definition) is 2. The maximum atomic E-state index is 12.8. The lowest BCUT2D eigenvalue weighted by atomic mass is 10.1. The Labute approximate surface area is 105 Å². The molecule has 0 aromatic heterocycles. The number of halogens is 1. The van der Waals surface area contributed by atoms with Crippen molar-refractivity contribution < 1.29 is 9.13 Å². The van der Waals surface area contributed by atoms with E-state index in [9.17, 15) is 4.39 Å². The van der Waals surface area contributed by atoms with Crippen molar-refractivity contribution >= 4 is 5.90 Å². The van der Waals surface area contributed by atoms with E-state index in [-0.39, 0.29) is 11.9 Å². The van der Waals surface area contributed by atoms with Gasteiger partial charge < -0.3 is 4.74 Å². The van der Waals surface area contributed by atoms with Gasteiger partial charge in [0.05, 0.1) is 0 Å². The molecule has 1 atom stereocenters. The van der Waals surface area contributed by atoms with Gasteiger partial charge in [0.1, 0.15) is 18.5 Å². The molecule has 0 saturated heterocycles. The lowest BCUT2D eigenvalue weighted by molar-refractivity contribution is 0.320. The van der Waals surface area contributed by atoms with Crippen molar-refractivity contribution in [3.05, 3.63) is 71.5 Å². The number of nitrogens with zero attached hydrogens (tertiary/aromatic N) is 1. The van der Waals surface area contributed by atoms with Crippen molar-refractivity contribution in [2.75, 3.05) is 6.61 Å². The lowest BCUT2D eigenvalue weighted by Gasteiger charge is -2.03. The van der Waals surface area contributed by atoms with Crippen molar-refractivity contribution in [3.8, 4) is 0 Å². The second-order valence-electron chi connectivity index (χ2n) is 4.18. The summed E-state index contributed by atoms with van der Waals surface area (Å²) >= 11 is 0. The molecule has 1 aliphatic rings. The van der Waals surface area contributed by atoms with Crippen LogP contribution in [-0.4, -0.2) is 12.5 Å². The summed E-state index contributed by atoms with van der Waals surface area (Å²) in [5.41, 5.74) is 1.95. The normalized spacial score (nSPS) is 18.3. The largest absolute Gasteiger partial charge is 0.475 e. The molecule has 1 heterocycles. The summed E-state index contributed by atoms with van der Waals surface area (Å²) in [7, 11) is 0. The van der Waals surface area contributed by atoms with Gasteiger partial charge in [0, 0.05) is 5.56 Å². The Morgan fingerprint density at radius 3 is 2.44 bits per heavy atom. The van der Waals surface area contributed by atoms with Gasteiger partial charge in [-0.15, -0.1) is 0 Å². The smallest absolute Gasteiger partial charge is 0.216 e. The van der Waals surface area contributed by atoms with Crippen molar-refractivity contribution in [1.29, 1.82) is 0 Å². The molecule has 0 aliphatic carbocycles. The molecule has 3 rings (SSSR count). The molecule has 0 fully saturated rings. The van der Waals surface area contributed by atoms with Crippen molar-refractivity contribution in [1.82, 2.24) is 0 Å². The van der Waals surface area contributed by atoms with Crippen LogP contribution in [0.2, 0.25) is 0 Å². The zero-order valence-corrected chi connectivity index (χ0v) is 9.71. The maximum absolute atomic E-state index is 12.8. The Balaban J connectivity index is 1.86. The third-order valence-corrected chi connectivity index (χ3v) is 2.93. The summed E-state index contributed by atoms with van der Waals surface area (Å²) in [5, 5.41) is 0. The first-order valence-electron chi connectivity index (χ1n) is 5.84. The van der Waals surface area contributed by atoms with Crippen molar-refractivity contribution in [2.45, 2.75) is 6.04 Å². The molecular formula is C15H12FNO. The van der Waals surface area contributed by atoms with E-state index in [2.05, 4.69) is 4.99 Å². The van der Waals surface area contributed by atoms with Crippen molar-refractivity contribution in [2.24, 2.45) is 4.99 Å². The highest BCUT2D eigenvalue weighted by Crippen LogP contribution is 2.24. The van der Waals surface area contributed by atoms with Gasteiger partial charge in [0.15, 0.2) is 0 Å². The van der Waals surface area contributed by atoms with Crippen LogP contribution in [0, 0.1) is 5.82 Å². The third kappa shape index (κ3) is 2.12. The number of aliphatic imine (C=N–C) groups is 1. The highest BCUT2D eigenvalue weighted by atomic mass is 19.1. The summed E-state index contributed by atoms with van der Waals surface area (Å²) in [6.07, 6.45) is 0. The average Bonchev–Trinajstić information content (AvgIpc) is 2.90. The van der Waals surface area contributed by atoms with Gasteiger partial charge in [0.2, 0.25) is 5.90 Å². The van der Waals surface area contributed by atoms with E-state index in [1.165, 1.54) is 12.1 Å². The van der Waals surface area contributed by atoms with E-state index in [4.69, 9.17) is 4.74 Å². The number of benzene rings is 2. The van der Waals surface area contributed by atoms with Gasteiger partial charge in [-0.25, -0.2) is 9.38 Å². The van der Waals surface area contributed by atoms with Crippen LogP contribution in [-0.2, 0) is 4.74 Å².